The van der Waals surface area contributed by atoms with Gasteiger partial charge in [-0.3, -0.25) is 4.72 Å². The maximum atomic E-state index is 12.8. The van der Waals surface area contributed by atoms with E-state index in [0.29, 0.717) is 5.02 Å². The molecule has 8 heteroatoms. The monoisotopic (exact) mass is 463 g/mol. The minimum absolute atomic E-state index is 0.0184. The molecule has 5 nitrogen and oxygen atoms in total. The highest BCUT2D eigenvalue weighted by Crippen LogP contribution is 2.37. The average molecular weight is 464 g/mol. The van der Waals surface area contributed by atoms with Crippen LogP contribution in [0.25, 0.3) is 10.4 Å². The van der Waals surface area contributed by atoms with Crippen LogP contribution in [0.15, 0.2) is 59.5 Å². The first kappa shape index (κ1) is 22.3. The van der Waals surface area contributed by atoms with Crippen molar-refractivity contribution in [3.8, 4) is 10.4 Å². The first-order chi connectivity index (χ1) is 14.0. The van der Waals surface area contributed by atoms with E-state index in [0.717, 1.165) is 10.4 Å². The zero-order valence-corrected chi connectivity index (χ0v) is 19.4. The maximum absolute atomic E-state index is 12.8. The third kappa shape index (κ3) is 4.86. The van der Waals surface area contributed by atoms with Gasteiger partial charge in [0.15, 0.2) is 0 Å². The summed E-state index contributed by atoms with van der Waals surface area (Å²) in [5.41, 5.74) is 2.26. The highest BCUT2D eigenvalue weighted by atomic mass is 35.5. The van der Waals surface area contributed by atoms with Gasteiger partial charge in [0, 0.05) is 9.90 Å². The predicted octanol–water partition coefficient (Wildman–Crippen LogP) is 5.95. The second kappa shape index (κ2) is 8.41. The molecule has 158 valence electrons. The summed E-state index contributed by atoms with van der Waals surface area (Å²) >= 11 is 7.02. The second-order valence-corrected chi connectivity index (χ2v) is 10.9. The number of rotatable bonds is 5. The fourth-order valence-corrected chi connectivity index (χ4v) is 5.10. The van der Waals surface area contributed by atoms with Crippen molar-refractivity contribution < 1.29 is 17.9 Å². The maximum Gasteiger partial charge on any atom is 0.350 e. The van der Waals surface area contributed by atoms with Crippen molar-refractivity contribution in [1.82, 2.24) is 0 Å². The molecule has 0 spiro atoms. The molecule has 0 bridgehead atoms. The molecule has 0 unspecified atom stereocenters. The first-order valence-electron chi connectivity index (χ1n) is 9.13. The van der Waals surface area contributed by atoms with E-state index in [-0.39, 0.29) is 20.9 Å². The number of methoxy groups -OCH3 is 1. The summed E-state index contributed by atoms with van der Waals surface area (Å²) in [7, 11) is -2.64. The molecule has 0 saturated carbocycles. The molecule has 0 radical (unpaired) electrons. The number of halogens is 1. The van der Waals surface area contributed by atoms with Gasteiger partial charge in [-0.15, -0.1) is 11.3 Å². The quantitative estimate of drug-likeness (QED) is 0.474. The molecular weight excluding hydrogens is 442 g/mol. The summed E-state index contributed by atoms with van der Waals surface area (Å²) in [5, 5.41) is 0.431. The SMILES string of the molecule is COC(=O)c1sc(-c2ccc(C(C)(C)C)cc2)cc1NS(=O)(=O)c1ccc(Cl)cc1. The van der Waals surface area contributed by atoms with Gasteiger partial charge in [0.2, 0.25) is 0 Å². The van der Waals surface area contributed by atoms with Crippen LogP contribution >= 0.6 is 22.9 Å². The van der Waals surface area contributed by atoms with Crippen molar-refractivity contribution in [2.75, 3.05) is 11.8 Å². The molecule has 0 saturated heterocycles. The summed E-state index contributed by atoms with van der Waals surface area (Å²) in [5.74, 6) is -0.605. The van der Waals surface area contributed by atoms with E-state index in [1.54, 1.807) is 6.07 Å². The number of carbonyl (C=O) groups is 1. The molecule has 0 fully saturated rings. The van der Waals surface area contributed by atoms with Gasteiger partial charge in [-0.05, 0) is 46.9 Å². The molecule has 3 rings (SSSR count). The summed E-state index contributed by atoms with van der Waals surface area (Å²) in [6.45, 7) is 6.39. The number of hydrogen-bond acceptors (Lipinski definition) is 5. The molecule has 0 aliphatic carbocycles. The molecule has 1 N–H and O–H groups in total. The number of thiophene rings is 1. The largest absolute Gasteiger partial charge is 0.465 e. The van der Waals surface area contributed by atoms with Gasteiger partial charge < -0.3 is 4.74 Å². The number of ether oxygens (including phenoxy) is 1. The molecular formula is C22H22ClNO4S2. The van der Waals surface area contributed by atoms with Gasteiger partial charge in [0.05, 0.1) is 17.7 Å². The van der Waals surface area contributed by atoms with E-state index < -0.39 is 16.0 Å². The molecule has 0 atom stereocenters. The van der Waals surface area contributed by atoms with Gasteiger partial charge in [-0.2, -0.15) is 0 Å². The first-order valence-corrected chi connectivity index (χ1v) is 11.8. The second-order valence-electron chi connectivity index (χ2n) is 7.73. The Hall–Kier alpha value is -2.35. The van der Waals surface area contributed by atoms with Gasteiger partial charge >= 0.3 is 5.97 Å². The third-order valence-electron chi connectivity index (χ3n) is 4.51. The van der Waals surface area contributed by atoms with Crippen LogP contribution < -0.4 is 4.72 Å². The summed E-state index contributed by atoms with van der Waals surface area (Å²) < 4.78 is 32.9. The third-order valence-corrected chi connectivity index (χ3v) is 7.30. The summed E-state index contributed by atoms with van der Waals surface area (Å²) in [6.07, 6.45) is 0. The van der Waals surface area contributed by atoms with E-state index >= 15 is 0 Å². The molecule has 0 amide bonds. The van der Waals surface area contributed by atoms with Crippen molar-refractivity contribution >= 4 is 44.6 Å². The Kier molecular flexibility index (Phi) is 6.26. The van der Waals surface area contributed by atoms with Gasteiger partial charge in [-0.25, -0.2) is 13.2 Å². The van der Waals surface area contributed by atoms with Crippen molar-refractivity contribution in [3.05, 3.63) is 70.1 Å². The Labute approximate surface area is 185 Å². The lowest BCUT2D eigenvalue weighted by molar-refractivity contribution is 0.0607. The molecule has 0 aliphatic heterocycles. The van der Waals surface area contributed by atoms with E-state index in [1.807, 2.05) is 24.3 Å². The fourth-order valence-electron chi connectivity index (χ4n) is 2.81. The fraction of sp³-hybridized carbons (Fsp3) is 0.227. The number of benzene rings is 2. The van der Waals surface area contributed by atoms with Gasteiger partial charge in [0.25, 0.3) is 10.0 Å². The minimum Gasteiger partial charge on any atom is -0.465 e. The molecule has 1 aromatic heterocycles. The lowest BCUT2D eigenvalue weighted by Crippen LogP contribution is -2.14. The molecule has 3 aromatic rings. The van der Waals surface area contributed by atoms with E-state index in [9.17, 15) is 13.2 Å². The Morgan fingerprint density at radius 2 is 1.63 bits per heavy atom. The van der Waals surface area contributed by atoms with Crippen LogP contribution in [0, 0.1) is 0 Å². The smallest absolute Gasteiger partial charge is 0.350 e. The molecule has 1 heterocycles. The van der Waals surface area contributed by atoms with Gasteiger partial charge in [0.1, 0.15) is 4.88 Å². The van der Waals surface area contributed by atoms with E-state index in [4.69, 9.17) is 16.3 Å². The predicted molar refractivity (Wildman–Crippen MR) is 122 cm³/mol. The van der Waals surface area contributed by atoms with Crippen molar-refractivity contribution in [2.45, 2.75) is 31.1 Å². The number of anilines is 1. The van der Waals surface area contributed by atoms with Crippen LogP contribution in [0.4, 0.5) is 5.69 Å². The van der Waals surface area contributed by atoms with Crippen LogP contribution in [0.5, 0.6) is 0 Å². The average Bonchev–Trinajstić information content (AvgIpc) is 3.10. The Balaban J connectivity index is 1.99. The van der Waals surface area contributed by atoms with Crippen LogP contribution in [-0.2, 0) is 20.2 Å². The van der Waals surface area contributed by atoms with Crippen LogP contribution in [-0.4, -0.2) is 21.5 Å². The highest BCUT2D eigenvalue weighted by Gasteiger charge is 2.23. The number of carbonyl (C=O) groups excluding carboxylic acids is 1. The Morgan fingerprint density at radius 1 is 1.03 bits per heavy atom. The van der Waals surface area contributed by atoms with Crippen LogP contribution in [0.1, 0.15) is 36.0 Å². The minimum atomic E-state index is -3.90. The number of esters is 1. The van der Waals surface area contributed by atoms with Crippen molar-refractivity contribution in [1.29, 1.82) is 0 Å². The number of nitrogens with one attached hydrogen (secondary N) is 1. The summed E-state index contributed by atoms with van der Waals surface area (Å²) in [6, 6.07) is 15.4. The topological polar surface area (TPSA) is 72.5 Å². The van der Waals surface area contributed by atoms with Crippen LogP contribution in [0.3, 0.4) is 0 Å². The molecule has 30 heavy (non-hydrogen) atoms. The van der Waals surface area contributed by atoms with E-state index in [1.165, 1.54) is 48.3 Å². The van der Waals surface area contributed by atoms with Crippen LogP contribution in [0.2, 0.25) is 5.02 Å². The van der Waals surface area contributed by atoms with Gasteiger partial charge in [-0.1, -0.05) is 56.6 Å². The highest BCUT2D eigenvalue weighted by molar-refractivity contribution is 7.92. The Morgan fingerprint density at radius 3 is 2.17 bits per heavy atom. The lowest BCUT2D eigenvalue weighted by atomic mass is 9.86. The zero-order chi connectivity index (χ0) is 22.1. The lowest BCUT2D eigenvalue weighted by Gasteiger charge is -2.18. The number of hydrogen-bond donors (Lipinski definition) is 1. The zero-order valence-electron chi connectivity index (χ0n) is 17.0. The normalized spacial score (nSPS) is 11.9. The van der Waals surface area contributed by atoms with Crippen molar-refractivity contribution in [3.63, 3.8) is 0 Å². The standard InChI is InChI=1S/C22H22ClNO4S2/c1-22(2,3)15-7-5-14(6-8-15)19-13-18(20(29-19)21(25)28-4)24-30(26,27)17-11-9-16(23)10-12-17/h5-13,24H,1-4H3. The number of sulfonamides is 1. The Bertz CT molecular complexity index is 1160. The molecule has 2 aromatic carbocycles. The van der Waals surface area contributed by atoms with E-state index in [2.05, 4.69) is 25.5 Å². The molecule has 0 aliphatic rings. The summed E-state index contributed by atoms with van der Waals surface area (Å²) in [4.78, 5) is 13.3. The van der Waals surface area contributed by atoms with Crippen molar-refractivity contribution in [2.24, 2.45) is 0 Å².